The number of rotatable bonds is 2. The van der Waals surface area contributed by atoms with Crippen LogP contribution in [-0.4, -0.2) is 32.0 Å². The fourth-order valence-electron chi connectivity index (χ4n) is 0.946. The first-order chi connectivity index (χ1) is 6.81. The second-order valence-corrected chi connectivity index (χ2v) is 2.47. The lowest BCUT2D eigenvalue weighted by Gasteiger charge is -1.95. The van der Waals surface area contributed by atoms with Gasteiger partial charge in [0, 0.05) is 0 Å². The van der Waals surface area contributed by atoms with Gasteiger partial charge in [-0.2, -0.15) is 0 Å². The van der Waals surface area contributed by atoms with Crippen LogP contribution in [0.4, 0.5) is 0 Å². The Labute approximate surface area is 78.0 Å². The molecule has 0 aliphatic heterocycles. The van der Waals surface area contributed by atoms with Gasteiger partial charge in [0.2, 0.25) is 5.78 Å². The highest BCUT2D eigenvalue weighted by atomic mass is 16.2. The molecule has 68 valence electrons. The Kier molecular flexibility index (Phi) is 1.94. The quantitative estimate of drug-likeness (QED) is 0.368. The van der Waals surface area contributed by atoms with E-state index in [0.717, 1.165) is 0 Å². The van der Waals surface area contributed by atoms with E-state index in [2.05, 4.69) is 19.9 Å². The van der Waals surface area contributed by atoms with Gasteiger partial charge in [0.1, 0.15) is 17.5 Å². The van der Waals surface area contributed by atoms with Gasteiger partial charge in [0.25, 0.3) is 0 Å². The number of carbonyl (C=O) groups excluding carboxylic acids is 2. The van der Waals surface area contributed by atoms with E-state index in [9.17, 15) is 9.59 Å². The van der Waals surface area contributed by atoms with Crippen LogP contribution in [0.25, 0.3) is 11.2 Å². The van der Waals surface area contributed by atoms with Crippen molar-refractivity contribution in [3.8, 4) is 0 Å². The van der Waals surface area contributed by atoms with Gasteiger partial charge in [-0.3, -0.25) is 9.59 Å². The summed E-state index contributed by atoms with van der Waals surface area (Å²) in [5.41, 5.74) is 0.772. The fourth-order valence-corrected chi connectivity index (χ4v) is 0.946. The molecule has 6 heteroatoms. The largest absolute Gasteiger partial charge is 0.294 e. The predicted molar refractivity (Wildman–Crippen MR) is 45.5 cm³/mol. The van der Waals surface area contributed by atoms with Gasteiger partial charge >= 0.3 is 0 Å². The molecule has 0 bridgehead atoms. The van der Waals surface area contributed by atoms with Crippen LogP contribution in [-0.2, 0) is 4.79 Å². The average molecular weight is 188 g/mol. The summed E-state index contributed by atoms with van der Waals surface area (Å²) in [6.07, 6.45) is 4.19. The van der Waals surface area contributed by atoms with Gasteiger partial charge in [-0.05, 0) is 0 Å². The summed E-state index contributed by atoms with van der Waals surface area (Å²) in [7, 11) is 0. The Morgan fingerprint density at radius 2 is 2.14 bits per heavy atom. The van der Waals surface area contributed by atoms with Crippen LogP contribution in [0.3, 0.4) is 0 Å². The maximum Gasteiger partial charge on any atom is 0.245 e. The highest BCUT2D eigenvalue weighted by Crippen LogP contribution is 2.03. The lowest BCUT2D eigenvalue weighted by molar-refractivity contribution is -0.104. The number of hydrogen-bond acceptors (Lipinski definition) is 6. The summed E-state index contributed by atoms with van der Waals surface area (Å²) in [5, 5.41) is 0. The monoisotopic (exact) mass is 188 g/mol. The van der Waals surface area contributed by atoms with Crippen molar-refractivity contribution in [2.45, 2.75) is 0 Å². The molecule has 2 rings (SSSR count). The average Bonchev–Trinajstić information content (AvgIpc) is 2.27. The van der Waals surface area contributed by atoms with Crippen molar-refractivity contribution in [1.29, 1.82) is 0 Å². The van der Waals surface area contributed by atoms with E-state index in [1.54, 1.807) is 0 Å². The van der Waals surface area contributed by atoms with Crippen LogP contribution in [0.15, 0.2) is 18.7 Å². The zero-order valence-corrected chi connectivity index (χ0v) is 6.91. The third-order valence-corrected chi connectivity index (χ3v) is 1.58. The van der Waals surface area contributed by atoms with E-state index >= 15 is 0 Å². The minimum absolute atomic E-state index is 0.00815. The maximum absolute atomic E-state index is 10.9. The molecular formula is C8H4N4O2. The number of ketones is 1. The Morgan fingerprint density at radius 3 is 2.93 bits per heavy atom. The predicted octanol–water partition coefficient (Wildman–Crippen LogP) is -0.199. The van der Waals surface area contributed by atoms with Crippen LogP contribution in [0.2, 0.25) is 0 Å². The van der Waals surface area contributed by atoms with E-state index < -0.39 is 5.78 Å². The zero-order chi connectivity index (χ0) is 9.97. The summed E-state index contributed by atoms with van der Waals surface area (Å²) in [5.74, 6) is -0.710. The molecule has 6 nitrogen and oxygen atoms in total. The zero-order valence-electron chi connectivity index (χ0n) is 6.91. The Bertz CT molecular complexity index is 511. The van der Waals surface area contributed by atoms with E-state index in [4.69, 9.17) is 0 Å². The van der Waals surface area contributed by atoms with E-state index in [-0.39, 0.29) is 12.0 Å². The molecule has 0 unspecified atom stereocenters. The molecule has 0 saturated heterocycles. The van der Waals surface area contributed by atoms with Gasteiger partial charge < -0.3 is 0 Å². The van der Waals surface area contributed by atoms with Crippen molar-refractivity contribution in [1.82, 2.24) is 19.9 Å². The third kappa shape index (κ3) is 1.33. The van der Waals surface area contributed by atoms with Crippen molar-refractivity contribution in [2.24, 2.45) is 0 Å². The van der Waals surface area contributed by atoms with Crippen LogP contribution in [0.1, 0.15) is 10.5 Å². The summed E-state index contributed by atoms with van der Waals surface area (Å²) in [6, 6.07) is 0. The molecule has 0 radical (unpaired) electrons. The highest BCUT2D eigenvalue weighted by Gasteiger charge is 2.07. The van der Waals surface area contributed by atoms with Gasteiger partial charge in [-0.1, -0.05) is 0 Å². The number of fused-ring (bicyclic) bond motifs is 1. The van der Waals surface area contributed by atoms with E-state index in [0.29, 0.717) is 11.2 Å². The van der Waals surface area contributed by atoms with E-state index in [1.165, 1.54) is 18.7 Å². The molecule has 0 atom stereocenters. The molecular weight excluding hydrogens is 184 g/mol. The number of carbonyl (C=O) groups is 2. The molecule has 2 heterocycles. The molecule has 0 aliphatic rings. The van der Waals surface area contributed by atoms with Crippen LogP contribution >= 0.6 is 0 Å². The standard InChI is InChI=1S/C8H4N4O2/c13-3-7(14)5-2-10-6-1-9-4-11-8(6)12-5/h1-4H. The molecule has 0 amide bonds. The van der Waals surface area contributed by atoms with Crippen molar-refractivity contribution < 1.29 is 9.59 Å². The molecule has 14 heavy (non-hydrogen) atoms. The number of nitrogens with zero attached hydrogens (tertiary/aromatic N) is 4. The molecule has 0 aromatic carbocycles. The smallest absolute Gasteiger partial charge is 0.245 e. The van der Waals surface area contributed by atoms with Gasteiger partial charge in [-0.25, -0.2) is 19.9 Å². The minimum atomic E-state index is -0.710. The van der Waals surface area contributed by atoms with Crippen molar-refractivity contribution in [3.05, 3.63) is 24.4 Å². The Morgan fingerprint density at radius 1 is 1.29 bits per heavy atom. The fraction of sp³-hybridized carbons (Fsp3) is 0. The molecule has 0 fully saturated rings. The van der Waals surface area contributed by atoms with Crippen LogP contribution in [0, 0.1) is 0 Å². The lowest BCUT2D eigenvalue weighted by Crippen LogP contribution is -2.04. The Balaban J connectivity index is 2.62. The van der Waals surface area contributed by atoms with Crippen molar-refractivity contribution >= 4 is 23.2 Å². The molecule has 0 aliphatic carbocycles. The van der Waals surface area contributed by atoms with Crippen molar-refractivity contribution in [3.63, 3.8) is 0 Å². The second-order valence-electron chi connectivity index (χ2n) is 2.47. The first-order valence-corrected chi connectivity index (χ1v) is 3.73. The topological polar surface area (TPSA) is 85.7 Å². The normalized spacial score (nSPS) is 10.0. The first-order valence-electron chi connectivity index (χ1n) is 3.73. The lowest BCUT2D eigenvalue weighted by atomic mass is 10.3. The molecule has 2 aromatic rings. The van der Waals surface area contributed by atoms with Gasteiger partial charge in [0.15, 0.2) is 11.9 Å². The van der Waals surface area contributed by atoms with E-state index in [1.807, 2.05) is 0 Å². The molecule has 0 spiro atoms. The number of aldehydes is 1. The second kappa shape index (κ2) is 3.25. The summed E-state index contributed by atoms with van der Waals surface area (Å²) in [4.78, 5) is 36.4. The van der Waals surface area contributed by atoms with Gasteiger partial charge in [0.05, 0.1) is 12.4 Å². The summed E-state index contributed by atoms with van der Waals surface area (Å²) < 4.78 is 0. The van der Waals surface area contributed by atoms with Crippen LogP contribution in [0.5, 0.6) is 0 Å². The van der Waals surface area contributed by atoms with Crippen molar-refractivity contribution in [2.75, 3.05) is 0 Å². The Hall–Kier alpha value is -2.24. The molecule has 2 aromatic heterocycles. The summed E-state index contributed by atoms with van der Waals surface area (Å²) >= 11 is 0. The first kappa shape index (κ1) is 8.36. The number of Topliss-reactive ketones (excluding diaryl/α,β-unsaturated/α-hetero) is 1. The van der Waals surface area contributed by atoms with Crippen LogP contribution < -0.4 is 0 Å². The molecule has 0 saturated carbocycles. The highest BCUT2D eigenvalue weighted by molar-refractivity contribution is 6.32. The third-order valence-electron chi connectivity index (χ3n) is 1.58. The number of aromatic nitrogens is 4. The minimum Gasteiger partial charge on any atom is -0.294 e. The molecule has 0 N–H and O–H groups in total. The SMILES string of the molecule is O=CC(=O)c1cnc2cncnc2n1. The number of hydrogen-bond donors (Lipinski definition) is 0. The maximum atomic E-state index is 10.9. The summed E-state index contributed by atoms with van der Waals surface area (Å²) in [6.45, 7) is 0. The van der Waals surface area contributed by atoms with Gasteiger partial charge in [-0.15, -0.1) is 0 Å².